The number of aromatic nitrogens is 2. The highest BCUT2D eigenvalue weighted by Gasteiger charge is 2.26. The number of hydrogen-bond donors (Lipinski definition) is 0. The van der Waals surface area contributed by atoms with Crippen molar-refractivity contribution in [1.82, 2.24) is 9.13 Å². The molecular formula is C48H28N2S2. The molecule has 8 aromatic carbocycles. The molecule has 0 aliphatic carbocycles. The SMILES string of the molecule is c1ccc(-c2ccc3sc4cccc(-n5c6ccc7ccccc7c6c6c7c8ccc9ccccc9c8n(-c8ccccc8)c7sc65)c4c3c2)cc1. The Kier molecular flexibility index (Phi) is 5.84. The van der Waals surface area contributed by atoms with Crippen LogP contribution in [-0.4, -0.2) is 9.13 Å². The smallest absolute Gasteiger partial charge is 0.111 e. The molecular weight excluding hydrogens is 669 g/mol. The molecule has 2 nitrogen and oxygen atoms in total. The Morgan fingerprint density at radius 2 is 1.08 bits per heavy atom. The summed E-state index contributed by atoms with van der Waals surface area (Å²) in [5.41, 5.74) is 7.41. The Bertz CT molecular complexity index is 3400. The number of fused-ring (bicyclic) bond motifs is 14. The first-order chi connectivity index (χ1) is 25.8. The molecule has 0 saturated carbocycles. The maximum Gasteiger partial charge on any atom is 0.111 e. The van der Waals surface area contributed by atoms with Crippen LogP contribution < -0.4 is 0 Å². The molecule has 0 bridgehead atoms. The largest absolute Gasteiger partial charge is 0.300 e. The van der Waals surface area contributed by atoms with E-state index in [2.05, 4.69) is 179 Å². The molecule has 0 unspecified atom stereocenters. The lowest BCUT2D eigenvalue weighted by molar-refractivity contribution is 1.20. The monoisotopic (exact) mass is 696 g/mol. The molecule has 0 amide bonds. The lowest BCUT2D eigenvalue weighted by atomic mass is 10.0. The first-order valence-electron chi connectivity index (χ1n) is 17.7. The number of para-hydroxylation sites is 1. The van der Waals surface area contributed by atoms with E-state index in [9.17, 15) is 0 Å². The summed E-state index contributed by atoms with van der Waals surface area (Å²) in [7, 11) is 0. The van der Waals surface area contributed by atoms with Gasteiger partial charge in [-0.25, -0.2) is 0 Å². The summed E-state index contributed by atoms with van der Waals surface area (Å²) in [6.07, 6.45) is 0. The van der Waals surface area contributed by atoms with Gasteiger partial charge in [0.25, 0.3) is 0 Å². The Hall–Kier alpha value is -6.20. The molecule has 52 heavy (non-hydrogen) atoms. The quantitative estimate of drug-likeness (QED) is 0.174. The molecule has 4 aromatic heterocycles. The van der Waals surface area contributed by atoms with Crippen LogP contribution in [0.5, 0.6) is 0 Å². The van der Waals surface area contributed by atoms with E-state index in [-0.39, 0.29) is 0 Å². The van der Waals surface area contributed by atoms with Crippen molar-refractivity contribution >= 4 is 107 Å². The molecule has 4 heteroatoms. The van der Waals surface area contributed by atoms with Gasteiger partial charge >= 0.3 is 0 Å². The van der Waals surface area contributed by atoms with Gasteiger partial charge in [-0.3, -0.25) is 4.57 Å². The number of rotatable bonds is 3. The molecule has 0 atom stereocenters. The molecule has 0 spiro atoms. The van der Waals surface area contributed by atoms with E-state index in [0.29, 0.717) is 0 Å². The minimum Gasteiger partial charge on any atom is -0.300 e. The zero-order valence-electron chi connectivity index (χ0n) is 27.9. The minimum atomic E-state index is 1.18. The summed E-state index contributed by atoms with van der Waals surface area (Å²) < 4.78 is 7.71. The van der Waals surface area contributed by atoms with E-state index >= 15 is 0 Å². The van der Waals surface area contributed by atoms with Gasteiger partial charge in [-0.05, 0) is 69.8 Å². The topological polar surface area (TPSA) is 9.86 Å². The summed E-state index contributed by atoms with van der Waals surface area (Å²) in [6.45, 7) is 0. The van der Waals surface area contributed by atoms with Crippen LogP contribution in [-0.2, 0) is 0 Å². The fraction of sp³-hybridized carbons (Fsp3) is 0. The summed E-state index contributed by atoms with van der Waals surface area (Å²) in [5, 5.41) is 13.0. The van der Waals surface area contributed by atoms with Crippen LogP contribution in [0.2, 0.25) is 0 Å². The average molecular weight is 697 g/mol. The molecule has 0 radical (unpaired) electrons. The Labute approximate surface area is 306 Å². The molecule has 0 N–H and O–H groups in total. The Morgan fingerprint density at radius 1 is 0.365 bits per heavy atom. The minimum absolute atomic E-state index is 1.18. The standard InChI is InChI=1S/C48H28N2S2/c1-3-12-29(13-4-1)32-24-27-40-37(28-32)42-38(20-11-21-41(42)51-40)50-39-26-23-30-14-7-9-18-34(30)43(39)45-44-36-25-22-31-15-8-10-19-35(31)46(36)49(47(44)52-48(45)50)33-16-5-2-6-17-33/h1-28H. The van der Waals surface area contributed by atoms with Crippen molar-refractivity contribution in [1.29, 1.82) is 0 Å². The Balaban J connectivity index is 1.29. The normalized spacial score (nSPS) is 12.2. The van der Waals surface area contributed by atoms with Gasteiger partial charge in [0.2, 0.25) is 0 Å². The van der Waals surface area contributed by atoms with E-state index in [1.165, 1.54) is 106 Å². The number of nitrogens with zero attached hydrogens (tertiary/aromatic N) is 2. The van der Waals surface area contributed by atoms with Gasteiger partial charge in [0, 0.05) is 52.8 Å². The maximum absolute atomic E-state index is 2.58. The third kappa shape index (κ3) is 3.83. The predicted molar refractivity (Wildman–Crippen MR) is 226 cm³/mol. The van der Waals surface area contributed by atoms with Crippen LogP contribution in [0.1, 0.15) is 0 Å². The Morgan fingerprint density at radius 3 is 1.92 bits per heavy atom. The maximum atomic E-state index is 2.58. The highest BCUT2D eigenvalue weighted by molar-refractivity contribution is 7.26. The summed E-state index contributed by atoms with van der Waals surface area (Å²) >= 11 is 3.80. The highest BCUT2D eigenvalue weighted by atomic mass is 32.1. The molecule has 0 aliphatic rings. The molecule has 12 rings (SSSR count). The zero-order chi connectivity index (χ0) is 33.9. The second kappa shape index (κ2) is 10.7. The molecule has 12 aromatic rings. The summed E-state index contributed by atoms with van der Waals surface area (Å²) in [6, 6.07) is 62.5. The molecule has 0 fully saturated rings. The third-order valence-electron chi connectivity index (χ3n) is 10.9. The van der Waals surface area contributed by atoms with Gasteiger partial charge in [0.1, 0.15) is 9.66 Å². The summed E-state index contributed by atoms with van der Waals surface area (Å²) in [4.78, 5) is 2.56. The van der Waals surface area contributed by atoms with Crippen molar-refractivity contribution < 1.29 is 0 Å². The molecule has 4 heterocycles. The van der Waals surface area contributed by atoms with Crippen molar-refractivity contribution in [2.75, 3.05) is 0 Å². The van der Waals surface area contributed by atoms with Crippen molar-refractivity contribution in [2.45, 2.75) is 0 Å². The van der Waals surface area contributed by atoms with Crippen LogP contribution >= 0.6 is 22.7 Å². The fourth-order valence-corrected chi connectivity index (χ4v) is 11.2. The second-order valence-corrected chi connectivity index (χ2v) is 15.7. The first-order valence-corrected chi connectivity index (χ1v) is 19.3. The van der Waals surface area contributed by atoms with E-state index in [4.69, 9.17) is 0 Å². The number of hydrogen-bond acceptors (Lipinski definition) is 2. The van der Waals surface area contributed by atoms with Crippen LogP contribution in [0.15, 0.2) is 170 Å². The van der Waals surface area contributed by atoms with Crippen molar-refractivity contribution in [3.63, 3.8) is 0 Å². The van der Waals surface area contributed by atoms with Gasteiger partial charge in [-0.15, -0.1) is 11.3 Å². The average Bonchev–Trinajstić information content (AvgIpc) is 3.94. The highest BCUT2D eigenvalue weighted by Crippen LogP contribution is 2.51. The predicted octanol–water partition coefficient (Wildman–Crippen LogP) is 14.3. The lowest BCUT2D eigenvalue weighted by Gasteiger charge is -2.11. The number of thiophene rings is 2. The van der Waals surface area contributed by atoms with Crippen LogP contribution in [0, 0.1) is 0 Å². The van der Waals surface area contributed by atoms with Crippen molar-refractivity contribution in [2.24, 2.45) is 0 Å². The van der Waals surface area contributed by atoms with Crippen LogP contribution in [0.4, 0.5) is 0 Å². The van der Waals surface area contributed by atoms with E-state index in [1.54, 1.807) is 0 Å². The van der Waals surface area contributed by atoms with Gasteiger partial charge in [0.05, 0.1) is 16.7 Å². The van der Waals surface area contributed by atoms with E-state index in [0.717, 1.165) is 0 Å². The third-order valence-corrected chi connectivity index (χ3v) is 13.2. The molecule has 0 aliphatic heterocycles. The lowest BCUT2D eigenvalue weighted by Crippen LogP contribution is -1.94. The first kappa shape index (κ1) is 28.5. The van der Waals surface area contributed by atoms with Crippen molar-refractivity contribution in [3.05, 3.63) is 170 Å². The molecule has 242 valence electrons. The van der Waals surface area contributed by atoms with E-state index in [1.807, 2.05) is 22.7 Å². The fourth-order valence-electron chi connectivity index (χ4n) is 8.69. The van der Waals surface area contributed by atoms with Gasteiger partial charge < -0.3 is 4.57 Å². The van der Waals surface area contributed by atoms with Gasteiger partial charge in [-0.1, -0.05) is 139 Å². The van der Waals surface area contributed by atoms with E-state index < -0.39 is 0 Å². The van der Waals surface area contributed by atoms with Gasteiger partial charge in [-0.2, -0.15) is 0 Å². The number of benzene rings is 8. The molecule has 0 saturated heterocycles. The van der Waals surface area contributed by atoms with Crippen molar-refractivity contribution in [3.8, 4) is 22.5 Å². The second-order valence-electron chi connectivity index (χ2n) is 13.7. The summed E-state index contributed by atoms with van der Waals surface area (Å²) in [5.74, 6) is 0. The zero-order valence-corrected chi connectivity index (χ0v) is 29.5. The van der Waals surface area contributed by atoms with Crippen LogP contribution in [0.25, 0.3) is 106 Å². The van der Waals surface area contributed by atoms with Crippen LogP contribution in [0.3, 0.4) is 0 Å². The van der Waals surface area contributed by atoms with Gasteiger partial charge in [0.15, 0.2) is 0 Å².